The number of methoxy groups -OCH3 is 1. The van der Waals surface area contributed by atoms with E-state index in [2.05, 4.69) is 39.5 Å². The number of benzene rings is 1. The highest BCUT2D eigenvalue weighted by molar-refractivity contribution is 6.06. The van der Waals surface area contributed by atoms with Crippen LogP contribution in [0.2, 0.25) is 0 Å². The second kappa shape index (κ2) is 7.65. The summed E-state index contributed by atoms with van der Waals surface area (Å²) in [7, 11) is 1.65. The van der Waals surface area contributed by atoms with Crippen molar-refractivity contribution in [1.29, 1.82) is 0 Å². The van der Waals surface area contributed by atoms with Crippen LogP contribution in [-0.2, 0) is 9.59 Å². The van der Waals surface area contributed by atoms with Crippen molar-refractivity contribution in [2.75, 3.05) is 13.7 Å². The minimum atomic E-state index is -0.267. The van der Waals surface area contributed by atoms with Crippen molar-refractivity contribution in [3.8, 4) is 5.75 Å². The normalized spacial score (nSPS) is 23.1. The summed E-state index contributed by atoms with van der Waals surface area (Å²) < 4.78 is 5.35. The van der Waals surface area contributed by atoms with E-state index in [-0.39, 0.29) is 28.3 Å². The number of hydrogen-bond donors (Lipinski definition) is 0. The Kier molecular flexibility index (Phi) is 5.39. The second-order valence-corrected chi connectivity index (χ2v) is 11.0. The maximum atomic E-state index is 13.6. The third-order valence-electron chi connectivity index (χ3n) is 6.92. The number of ketones is 2. The van der Waals surface area contributed by atoms with E-state index in [0.717, 1.165) is 59.7 Å². The number of carbonyl (C=O) groups excluding carboxylic acids is 2. The van der Waals surface area contributed by atoms with Crippen LogP contribution in [-0.4, -0.2) is 30.1 Å². The van der Waals surface area contributed by atoms with Gasteiger partial charge < -0.3 is 9.64 Å². The lowest BCUT2D eigenvalue weighted by Crippen LogP contribution is -2.44. The molecule has 0 N–H and O–H groups in total. The molecule has 1 heterocycles. The molecule has 31 heavy (non-hydrogen) atoms. The quantitative estimate of drug-likeness (QED) is 0.617. The van der Waals surface area contributed by atoms with Gasteiger partial charge in [-0.1, -0.05) is 46.8 Å². The summed E-state index contributed by atoms with van der Waals surface area (Å²) in [6, 6.07) is 7.91. The van der Waals surface area contributed by atoms with Crippen molar-refractivity contribution in [3.05, 3.63) is 52.4 Å². The number of hydrogen-bond acceptors (Lipinski definition) is 4. The molecule has 0 unspecified atom stereocenters. The average molecular weight is 422 g/mol. The zero-order valence-corrected chi connectivity index (χ0v) is 19.8. The molecule has 1 aromatic rings. The van der Waals surface area contributed by atoms with Crippen molar-refractivity contribution in [2.45, 2.75) is 72.6 Å². The number of carbonyl (C=O) groups is 2. The summed E-state index contributed by atoms with van der Waals surface area (Å²) in [4.78, 5) is 29.5. The molecular weight excluding hydrogens is 386 g/mol. The Hall–Kier alpha value is -2.36. The molecule has 0 saturated carbocycles. The largest absolute Gasteiger partial charge is 0.497 e. The molecule has 0 aromatic heterocycles. The topological polar surface area (TPSA) is 46.6 Å². The van der Waals surface area contributed by atoms with E-state index in [4.69, 9.17) is 4.74 Å². The molecule has 0 amide bonds. The SMILES string of the molecule is CCCN1C2=C(C(=O)CC(C)(C)C2)C(c2ccc(OC)cc2)C2=C1CC(C)(C)CC2=O. The molecule has 3 aliphatic rings. The molecule has 0 spiro atoms. The van der Waals surface area contributed by atoms with Crippen molar-refractivity contribution < 1.29 is 14.3 Å². The molecule has 1 aliphatic heterocycles. The van der Waals surface area contributed by atoms with Crippen LogP contribution in [0.15, 0.2) is 46.8 Å². The van der Waals surface area contributed by atoms with E-state index in [1.807, 2.05) is 24.3 Å². The number of nitrogens with zero attached hydrogens (tertiary/aromatic N) is 1. The Morgan fingerprint density at radius 1 is 0.871 bits per heavy atom. The minimum absolute atomic E-state index is 0.0708. The fourth-order valence-corrected chi connectivity index (χ4v) is 5.67. The van der Waals surface area contributed by atoms with Crippen LogP contribution in [0.3, 0.4) is 0 Å². The molecule has 4 nitrogen and oxygen atoms in total. The maximum absolute atomic E-state index is 13.6. The summed E-state index contributed by atoms with van der Waals surface area (Å²) in [5, 5.41) is 0. The van der Waals surface area contributed by atoms with E-state index >= 15 is 0 Å². The van der Waals surface area contributed by atoms with Crippen LogP contribution in [0, 0.1) is 10.8 Å². The van der Waals surface area contributed by atoms with Crippen LogP contribution >= 0.6 is 0 Å². The number of allylic oxidation sites excluding steroid dienone is 4. The van der Waals surface area contributed by atoms with Gasteiger partial charge in [0.15, 0.2) is 11.6 Å². The second-order valence-electron chi connectivity index (χ2n) is 11.0. The summed E-state index contributed by atoms with van der Waals surface area (Å²) in [5.74, 6) is 0.897. The predicted molar refractivity (Wildman–Crippen MR) is 123 cm³/mol. The van der Waals surface area contributed by atoms with Crippen LogP contribution in [0.1, 0.15) is 78.2 Å². The molecule has 2 aliphatic carbocycles. The molecule has 0 radical (unpaired) electrons. The maximum Gasteiger partial charge on any atom is 0.162 e. The Morgan fingerprint density at radius 2 is 1.35 bits per heavy atom. The van der Waals surface area contributed by atoms with Gasteiger partial charge in [-0.05, 0) is 47.8 Å². The van der Waals surface area contributed by atoms with Gasteiger partial charge in [-0.3, -0.25) is 9.59 Å². The molecule has 0 atom stereocenters. The lowest BCUT2D eigenvalue weighted by Gasteiger charge is -2.49. The zero-order valence-electron chi connectivity index (χ0n) is 19.8. The smallest absolute Gasteiger partial charge is 0.162 e. The average Bonchev–Trinajstić information content (AvgIpc) is 2.67. The Labute approximate surface area is 186 Å². The van der Waals surface area contributed by atoms with Crippen LogP contribution < -0.4 is 4.74 Å². The summed E-state index contributed by atoms with van der Waals surface area (Å²) in [6.45, 7) is 11.7. The Morgan fingerprint density at radius 3 is 1.77 bits per heavy atom. The molecular formula is C27H35NO3. The molecule has 0 bridgehead atoms. The Bertz CT molecular complexity index is 924. The van der Waals surface area contributed by atoms with Gasteiger partial charge >= 0.3 is 0 Å². The Balaban J connectivity index is 1.96. The minimum Gasteiger partial charge on any atom is -0.497 e. The molecule has 0 saturated heterocycles. The predicted octanol–water partition coefficient (Wildman–Crippen LogP) is 5.79. The number of rotatable bonds is 4. The lowest BCUT2D eigenvalue weighted by molar-refractivity contribution is -0.119. The van der Waals surface area contributed by atoms with Crippen LogP contribution in [0.25, 0.3) is 0 Å². The van der Waals surface area contributed by atoms with Gasteiger partial charge in [-0.25, -0.2) is 0 Å². The van der Waals surface area contributed by atoms with Gasteiger partial charge in [0.05, 0.1) is 7.11 Å². The van der Waals surface area contributed by atoms with Crippen LogP contribution in [0.5, 0.6) is 5.75 Å². The third kappa shape index (κ3) is 3.86. The summed E-state index contributed by atoms with van der Waals surface area (Å²) in [5.41, 5.74) is 4.87. The van der Waals surface area contributed by atoms with Crippen LogP contribution in [0.4, 0.5) is 0 Å². The van der Waals surface area contributed by atoms with Gasteiger partial charge in [-0.2, -0.15) is 0 Å². The highest BCUT2D eigenvalue weighted by Crippen LogP contribution is 2.54. The molecule has 4 rings (SSSR count). The van der Waals surface area contributed by atoms with E-state index in [9.17, 15) is 9.59 Å². The standard InChI is InChI=1S/C27H35NO3/c1-7-12-28-19-13-26(2,3)15-21(29)24(19)23(17-8-10-18(31-6)11-9-17)25-20(28)14-27(4,5)16-22(25)30/h8-11,23H,7,12-16H2,1-6H3. The van der Waals surface area contributed by atoms with Gasteiger partial charge in [0.2, 0.25) is 0 Å². The fourth-order valence-electron chi connectivity index (χ4n) is 5.67. The van der Waals surface area contributed by atoms with E-state index in [1.165, 1.54) is 0 Å². The highest BCUT2D eigenvalue weighted by atomic mass is 16.5. The van der Waals surface area contributed by atoms with Gasteiger partial charge in [0, 0.05) is 47.8 Å². The van der Waals surface area contributed by atoms with Crippen molar-refractivity contribution in [2.24, 2.45) is 10.8 Å². The van der Waals surface area contributed by atoms with Gasteiger partial charge in [-0.15, -0.1) is 0 Å². The lowest BCUT2D eigenvalue weighted by atomic mass is 9.63. The zero-order chi connectivity index (χ0) is 22.6. The van der Waals surface area contributed by atoms with E-state index < -0.39 is 0 Å². The monoisotopic (exact) mass is 421 g/mol. The van der Waals surface area contributed by atoms with Gasteiger partial charge in [0.25, 0.3) is 0 Å². The van der Waals surface area contributed by atoms with E-state index in [1.54, 1.807) is 7.11 Å². The van der Waals surface area contributed by atoms with Crippen molar-refractivity contribution >= 4 is 11.6 Å². The van der Waals surface area contributed by atoms with Crippen molar-refractivity contribution in [1.82, 2.24) is 4.90 Å². The molecule has 166 valence electrons. The molecule has 4 heteroatoms. The molecule has 0 fully saturated rings. The number of ether oxygens (including phenoxy) is 1. The highest BCUT2D eigenvalue weighted by Gasteiger charge is 2.48. The first-order chi connectivity index (χ1) is 14.6. The van der Waals surface area contributed by atoms with Crippen molar-refractivity contribution in [3.63, 3.8) is 0 Å². The van der Waals surface area contributed by atoms with Gasteiger partial charge in [0.1, 0.15) is 5.75 Å². The van der Waals surface area contributed by atoms with E-state index in [0.29, 0.717) is 12.8 Å². The summed E-state index contributed by atoms with van der Waals surface area (Å²) >= 11 is 0. The molecule has 1 aromatic carbocycles. The first kappa shape index (κ1) is 21.9. The summed E-state index contributed by atoms with van der Waals surface area (Å²) in [6.07, 6.45) is 3.77. The third-order valence-corrected chi connectivity index (χ3v) is 6.92. The number of Topliss-reactive ketones (excluding diaryl/α,β-unsaturated/α-hetero) is 2. The first-order valence-electron chi connectivity index (χ1n) is 11.5. The fraction of sp³-hybridized carbons (Fsp3) is 0.556. The first-order valence-corrected chi connectivity index (χ1v) is 11.5.